The van der Waals surface area contributed by atoms with E-state index in [4.69, 9.17) is 5.11 Å². The van der Waals surface area contributed by atoms with Gasteiger partial charge in [0.1, 0.15) is 5.82 Å². The van der Waals surface area contributed by atoms with Gasteiger partial charge in [-0.1, -0.05) is 13.0 Å². The van der Waals surface area contributed by atoms with Crippen LogP contribution in [0.5, 0.6) is 0 Å². The zero-order chi connectivity index (χ0) is 10.7. The number of aliphatic carboxylic acids is 1. The van der Waals surface area contributed by atoms with Gasteiger partial charge in [-0.15, -0.1) is 0 Å². The molecule has 76 valence electrons. The second-order valence-electron chi connectivity index (χ2n) is 3.50. The van der Waals surface area contributed by atoms with Crippen molar-refractivity contribution in [3.05, 3.63) is 35.1 Å². The maximum atomic E-state index is 12.8. The van der Waals surface area contributed by atoms with Crippen LogP contribution in [0.15, 0.2) is 18.2 Å². The van der Waals surface area contributed by atoms with Gasteiger partial charge in [0.05, 0.1) is 6.42 Å². The highest BCUT2D eigenvalue weighted by Gasteiger charge is 2.12. The molecule has 0 aromatic heterocycles. The molecule has 0 radical (unpaired) electrons. The van der Waals surface area contributed by atoms with Crippen LogP contribution >= 0.6 is 0 Å². The number of carbonyl (C=O) groups is 1. The molecule has 3 heteroatoms. The Kier molecular flexibility index (Phi) is 3.23. The first kappa shape index (κ1) is 10.7. The molecule has 1 aromatic carbocycles. The summed E-state index contributed by atoms with van der Waals surface area (Å²) in [5.41, 5.74) is 1.70. The van der Waals surface area contributed by atoms with Gasteiger partial charge in [0, 0.05) is 0 Å². The number of carboxylic acids is 1. The van der Waals surface area contributed by atoms with Gasteiger partial charge in [0.15, 0.2) is 0 Å². The minimum Gasteiger partial charge on any atom is -0.481 e. The predicted octanol–water partition coefficient (Wildman–Crippen LogP) is 2.71. The first-order valence-electron chi connectivity index (χ1n) is 4.48. The molecule has 1 atom stereocenters. The second-order valence-corrected chi connectivity index (χ2v) is 3.50. The van der Waals surface area contributed by atoms with Crippen molar-refractivity contribution in [1.82, 2.24) is 0 Å². The summed E-state index contributed by atoms with van der Waals surface area (Å²) in [5.74, 6) is -1.19. The molecule has 0 amide bonds. The third-order valence-corrected chi connectivity index (χ3v) is 2.24. The van der Waals surface area contributed by atoms with Gasteiger partial charge in [-0.3, -0.25) is 4.79 Å². The lowest BCUT2D eigenvalue weighted by Crippen LogP contribution is -2.04. The van der Waals surface area contributed by atoms with Crippen molar-refractivity contribution >= 4 is 5.97 Å². The molecule has 0 aliphatic rings. The molecule has 1 rings (SSSR count). The van der Waals surface area contributed by atoms with Gasteiger partial charge in [-0.05, 0) is 36.1 Å². The normalized spacial score (nSPS) is 12.5. The highest BCUT2D eigenvalue weighted by Crippen LogP contribution is 2.22. The quantitative estimate of drug-likeness (QED) is 0.807. The molecule has 0 fully saturated rings. The maximum Gasteiger partial charge on any atom is 0.303 e. The molecule has 1 aromatic rings. The Morgan fingerprint density at radius 1 is 1.57 bits per heavy atom. The number of benzene rings is 1. The van der Waals surface area contributed by atoms with Crippen molar-refractivity contribution in [1.29, 1.82) is 0 Å². The zero-order valence-electron chi connectivity index (χ0n) is 8.25. The van der Waals surface area contributed by atoms with Crippen LogP contribution in [0, 0.1) is 12.7 Å². The van der Waals surface area contributed by atoms with E-state index in [0.717, 1.165) is 11.1 Å². The average molecular weight is 196 g/mol. The number of halogens is 1. The fourth-order valence-electron chi connectivity index (χ4n) is 1.56. The average Bonchev–Trinajstić information content (AvgIpc) is 2.01. The fraction of sp³-hybridized carbons (Fsp3) is 0.364. The summed E-state index contributed by atoms with van der Waals surface area (Å²) in [4.78, 5) is 10.5. The third-order valence-electron chi connectivity index (χ3n) is 2.24. The monoisotopic (exact) mass is 196 g/mol. The first-order valence-corrected chi connectivity index (χ1v) is 4.48. The summed E-state index contributed by atoms with van der Waals surface area (Å²) in [5, 5.41) is 8.62. The van der Waals surface area contributed by atoms with E-state index in [2.05, 4.69) is 0 Å². The van der Waals surface area contributed by atoms with Crippen molar-refractivity contribution in [3.8, 4) is 0 Å². The summed E-state index contributed by atoms with van der Waals surface area (Å²) in [6.07, 6.45) is 0.0759. The van der Waals surface area contributed by atoms with Gasteiger partial charge in [-0.25, -0.2) is 4.39 Å². The molecular weight excluding hydrogens is 183 g/mol. The van der Waals surface area contributed by atoms with E-state index in [1.165, 1.54) is 12.1 Å². The second kappa shape index (κ2) is 4.22. The Bertz CT molecular complexity index is 347. The number of rotatable bonds is 3. The predicted molar refractivity (Wildman–Crippen MR) is 51.8 cm³/mol. The van der Waals surface area contributed by atoms with Crippen LogP contribution < -0.4 is 0 Å². The van der Waals surface area contributed by atoms with Crippen molar-refractivity contribution in [2.75, 3.05) is 0 Å². The molecule has 0 heterocycles. The maximum absolute atomic E-state index is 12.8. The molecule has 1 unspecified atom stereocenters. The molecular formula is C11H13FO2. The van der Waals surface area contributed by atoms with Gasteiger partial charge in [0.2, 0.25) is 0 Å². The molecule has 14 heavy (non-hydrogen) atoms. The van der Waals surface area contributed by atoms with E-state index in [-0.39, 0.29) is 18.2 Å². The van der Waals surface area contributed by atoms with Gasteiger partial charge >= 0.3 is 5.97 Å². The highest BCUT2D eigenvalue weighted by atomic mass is 19.1. The van der Waals surface area contributed by atoms with E-state index in [0.29, 0.717) is 0 Å². The van der Waals surface area contributed by atoms with Gasteiger partial charge in [-0.2, -0.15) is 0 Å². The molecule has 1 N–H and O–H groups in total. The van der Waals surface area contributed by atoms with Crippen molar-refractivity contribution in [2.24, 2.45) is 0 Å². The van der Waals surface area contributed by atoms with E-state index < -0.39 is 5.97 Å². The molecule has 0 aliphatic carbocycles. The zero-order valence-corrected chi connectivity index (χ0v) is 8.25. The van der Waals surface area contributed by atoms with Gasteiger partial charge < -0.3 is 5.11 Å². The Labute approximate surface area is 82.4 Å². The first-order chi connectivity index (χ1) is 6.50. The molecule has 0 saturated heterocycles. The van der Waals surface area contributed by atoms with Crippen LogP contribution in [0.2, 0.25) is 0 Å². The van der Waals surface area contributed by atoms with E-state index in [1.54, 1.807) is 13.0 Å². The number of carboxylic acid groups (broad SMARTS) is 1. The van der Waals surface area contributed by atoms with E-state index in [9.17, 15) is 9.18 Å². The summed E-state index contributed by atoms with van der Waals surface area (Å²) in [6, 6.07) is 4.44. The van der Waals surface area contributed by atoms with E-state index in [1.807, 2.05) is 6.92 Å². The van der Waals surface area contributed by atoms with Crippen LogP contribution in [0.4, 0.5) is 4.39 Å². The SMILES string of the molecule is Cc1cc(F)ccc1C(C)CC(=O)O. The van der Waals surface area contributed by atoms with Crippen LogP contribution in [0.1, 0.15) is 30.4 Å². The lowest BCUT2D eigenvalue weighted by atomic mass is 9.94. The lowest BCUT2D eigenvalue weighted by molar-refractivity contribution is -0.137. The van der Waals surface area contributed by atoms with Gasteiger partial charge in [0.25, 0.3) is 0 Å². The molecule has 0 aliphatic heterocycles. The summed E-state index contributed by atoms with van der Waals surface area (Å²) < 4.78 is 12.8. The molecule has 0 spiro atoms. The Balaban J connectivity index is 2.90. The molecule has 0 bridgehead atoms. The smallest absolute Gasteiger partial charge is 0.303 e. The van der Waals surface area contributed by atoms with Crippen LogP contribution in [-0.2, 0) is 4.79 Å². The topological polar surface area (TPSA) is 37.3 Å². The minimum absolute atomic E-state index is 0.0758. The Morgan fingerprint density at radius 2 is 2.21 bits per heavy atom. The van der Waals surface area contributed by atoms with Crippen LogP contribution in [0.25, 0.3) is 0 Å². The number of aryl methyl sites for hydroxylation is 1. The molecule has 0 saturated carbocycles. The minimum atomic E-state index is -0.832. The Hall–Kier alpha value is -1.38. The van der Waals surface area contributed by atoms with Crippen LogP contribution in [0.3, 0.4) is 0 Å². The summed E-state index contributed by atoms with van der Waals surface area (Å²) in [6.45, 7) is 3.62. The van der Waals surface area contributed by atoms with E-state index >= 15 is 0 Å². The van der Waals surface area contributed by atoms with Crippen LogP contribution in [-0.4, -0.2) is 11.1 Å². The largest absolute Gasteiger partial charge is 0.481 e. The Morgan fingerprint density at radius 3 is 2.71 bits per heavy atom. The van der Waals surface area contributed by atoms with Crippen molar-refractivity contribution in [3.63, 3.8) is 0 Å². The van der Waals surface area contributed by atoms with Crippen molar-refractivity contribution < 1.29 is 14.3 Å². The fourth-order valence-corrected chi connectivity index (χ4v) is 1.56. The van der Waals surface area contributed by atoms with Crippen molar-refractivity contribution in [2.45, 2.75) is 26.2 Å². The summed E-state index contributed by atoms with van der Waals surface area (Å²) >= 11 is 0. The standard InChI is InChI=1S/C11H13FO2/c1-7-5-9(12)3-4-10(7)8(2)6-11(13)14/h3-5,8H,6H2,1-2H3,(H,13,14). The number of hydrogen-bond acceptors (Lipinski definition) is 1. The number of hydrogen-bond donors (Lipinski definition) is 1. The lowest BCUT2D eigenvalue weighted by Gasteiger charge is -2.12. The summed E-state index contributed by atoms with van der Waals surface area (Å²) in [7, 11) is 0. The third kappa shape index (κ3) is 2.55. The highest BCUT2D eigenvalue weighted by molar-refractivity contribution is 5.68. The molecule has 2 nitrogen and oxygen atoms in total.